The lowest BCUT2D eigenvalue weighted by Gasteiger charge is -2.35. The molecule has 2 N–H and O–H groups in total. The summed E-state index contributed by atoms with van der Waals surface area (Å²) in [5.74, 6) is 0.403. The van der Waals surface area contributed by atoms with Crippen LogP contribution in [0.15, 0.2) is 23.2 Å². The Balaban J connectivity index is 1.32. The number of unbranched alkanes of at least 4 members (excludes halogenated alkanes) is 1. The molecule has 1 aromatic carbocycles. The van der Waals surface area contributed by atoms with Crippen molar-refractivity contribution in [3.05, 3.63) is 29.3 Å². The number of hydrogen-bond acceptors (Lipinski definition) is 5. The highest BCUT2D eigenvalue weighted by molar-refractivity contribution is 7.89. The molecule has 1 saturated carbocycles. The quantitative estimate of drug-likeness (QED) is 0.480. The van der Waals surface area contributed by atoms with Gasteiger partial charge in [-0.2, -0.15) is 0 Å². The second kappa shape index (κ2) is 11.4. The molecular weight excluding hydrogens is 507 g/mol. The van der Waals surface area contributed by atoms with E-state index in [1.807, 2.05) is 19.1 Å². The highest BCUT2D eigenvalue weighted by Gasteiger charge is 2.49. The molecule has 1 saturated heterocycles. The number of rotatable bonds is 9. The number of amidine groups is 1. The van der Waals surface area contributed by atoms with Crippen molar-refractivity contribution in [3.63, 3.8) is 0 Å². The van der Waals surface area contributed by atoms with Gasteiger partial charge in [-0.25, -0.2) is 17.1 Å². The number of sulfonamides is 1. The van der Waals surface area contributed by atoms with Gasteiger partial charge >= 0.3 is 0 Å². The predicted octanol–water partition coefficient (Wildman–Crippen LogP) is 4.28. The van der Waals surface area contributed by atoms with E-state index in [1.54, 1.807) is 6.07 Å². The Morgan fingerprint density at radius 2 is 1.89 bits per heavy atom. The van der Waals surface area contributed by atoms with E-state index in [2.05, 4.69) is 17.6 Å². The van der Waals surface area contributed by atoms with Gasteiger partial charge in [0.15, 0.2) is 0 Å². The van der Waals surface area contributed by atoms with Crippen LogP contribution in [0.2, 0.25) is 0 Å². The van der Waals surface area contributed by atoms with Gasteiger partial charge in [0.1, 0.15) is 17.0 Å². The fourth-order valence-electron chi connectivity index (χ4n) is 5.99. The summed E-state index contributed by atoms with van der Waals surface area (Å²) in [6.07, 6.45) is 5.92. The molecule has 8 nitrogen and oxygen atoms in total. The van der Waals surface area contributed by atoms with Crippen LogP contribution in [0.5, 0.6) is 0 Å². The highest BCUT2D eigenvalue weighted by atomic mass is 32.2. The topological polar surface area (TPSA) is 108 Å². The lowest BCUT2D eigenvalue weighted by Crippen LogP contribution is -2.51. The van der Waals surface area contributed by atoms with E-state index < -0.39 is 21.2 Å². The summed E-state index contributed by atoms with van der Waals surface area (Å²) in [5.41, 5.74) is 0.515. The molecule has 0 bridgehead atoms. The Kier molecular flexibility index (Phi) is 8.62. The summed E-state index contributed by atoms with van der Waals surface area (Å²) in [6.45, 7) is 5.92. The van der Waals surface area contributed by atoms with Crippen molar-refractivity contribution in [2.24, 2.45) is 10.9 Å². The number of hydrogen-bond donors (Lipinski definition) is 2. The molecule has 38 heavy (non-hydrogen) atoms. The van der Waals surface area contributed by atoms with Crippen LogP contribution in [0.3, 0.4) is 0 Å². The van der Waals surface area contributed by atoms with Gasteiger partial charge < -0.3 is 10.6 Å². The number of alkyl halides is 1. The van der Waals surface area contributed by atoms with Crippen molar-refractivity contribution in [1.29, 1.82) is 0 Å². The first-order chi connectivity index (χ1) is 18.0. The molecule has 0 unspecified atom stereocenters. The maximum atomic E-state index is 15.1. The number of benzene rings is 1. The van der Waals surface area contributed by atoms with Crippen LogP contribution in [0.1, 0.15) is 82.8 Å². The molecule has 210 valence electrons. The fraction of sp³-hybridized carbons (Fsp3) is 0.679. The van der Waals surface area contributed by atoms with Gasteiger partial charge in [-0.1, -0.05) is 25.8 Å². The molecule has 0 atom stereocenters. The van der Waals surface area contributed by atoms with Gasteiger partial charge in [0.25, 0.3) is 5.91 Å². The number of halogens is 1. The second-order valence-corrected chi connectivity index (χ2v) is 13.4. The number of carbonyl (C=O) groups excluding carboxylic acids is 2. The SMILES string of the molecule is CCCC[C@]1(F)CC[C@@H](C2=NC3(CCN(S(=O)(=O)CCc4ccc(NC(C)=O)cc4C)CC3)C(=O)N2)CC1. The Labute approximate surface area is 225 Å². The molecule has 3 aliphatic rings. The first kappa shape index (κ1) is 28.7. The molecule has 2 amide bonds. The third kappa shape index (κ3) is 6.45. The molecule has 2 aliphatic heterocycles. The van der Waals surface area contributed by atoms with E-state index in [9.17, 15) is 18.0 Å². The maximum Gasteiger partial charge on any atom is 0.253 e. The largest absolute Gasteiger partial charge is 0.326 e. The van der Waals surface area contributed by atoms with Gasteiger partial charge in [-0.3, -0.25) is 14.6 Å². The van der Waals surface area contributed by atoms with Crippen LogP contribution in [0.25, 0.3) is 0 Å². The van der Waals surface area contributed by atoms with Gasteiger partial charge in [-0.15, -0.1) is 0 Å². The van der Waals surface area contributed by atoms with Crippen molar-refractivity contribution in [2.45, 2.75) is 96.2 Å². The van der Waals surface area contributed by atoms with Crippen LogP contribution in [-0.4, -0.2) is 60.4 Å². The minimum atomic E-state index is -3.50. The van der Waals surface area contributed by atoms with E-state index in [1.165, 1.54) is 11.2 Å². The maximum absolute atomic E-state index is 15.1. The third-order valence-corrected chi connectivity index (χ3v) is 10.4. The molecule has 0 aromatic heterocycles. The number of aliphatic imine (C=N–C) groups is 1. The molecule has 2 fully saturated rings. The Morgan fingerprint density at radius 3 is 2.50 bits per heavy atom. The standard InChI is InChI=1S/C28H41FN4O4S/c1-4-5-11-27(29)12-8-23(9-13-27)25-31-26(35)28(32-25)14-16-33(17-15-28)38(36,37)18-10-22-6-7-24(19-20(22)2)30-21(3)34/h6-7,19,23H,4-5,8-18H2,1-3H3,(H,30,34)(H,31,32,35)/t23-,27+. The van der Waals surface area contributed by atoms with Crippen LogP contribution >= 0.6 is 0 Å². The zero-order chi connectivity index (χ0) is 27.6. The number of aryl methyl sites for hydroxylation is 2. The van der Waals surface area contributed by atoms with E-state index in [0.717, 1.165) is 24.0 Å². The van der Waals surface area contributed by atoms with Crippen molar-refractivity contribution in [3.8, 4) is 0 Å². The van der Waals surface area contributed by atoms with Crippen molar-refractivity contribution < 1.29 is 22.4 Å². The van der Waals surface area contributed by atoms with Gasteiger partial charge in [0.2, 0.25) is 15.9 Å². The van der Waals surface area contributed by atoms with E-state index in [0.29, 0.717) is 62.9 Å². The van der Waals surface area contributed by atoms with Gasteiger partial charge in [0.05, 0.1) is 5.75 Å². The van der Waals surface area contributed by atoms with E-state index >= 15 is 4.39 Å². The van der Waals surface area contributed by atoms with E-state index in [4.69, 9.17) is 4.99 Å². The van der Waals surface area contributed by atoms with Crippen LogP contribution < -0.4 is 10.6 Å². The lowest BCUT2D eigenvalue weighted by molar-refractivity contribution is -0.125. The van der Waals surface area contributed by atoms with Gasteiger partial charge in [-0.05, 0) is 81.5 Å². The fourth-order valence-corrected chi connectivity index (χ4v) is 7.46. The summed E-state index contributed by atoms with van der Waals surface area (Å²) >= 11 is 0. The van der Waals surface area contributed by atoms with E-state index in [-0.39, 0.29) is 36.6 Å². The number of nitrogens with one attached hydrogen (secondary N) is 2. The molecular formula is C28H41FN4O4S. The number of anilines is 1. The van der Waals surface area contributed by atoms with Crippen molar-refractivity contribution >= 4 is 33.4 Å². The normalized spacial score (nSPS) is 25.7. The monoisotopic (exact) mass is 548 g/mol. The summed E-state index contributed by atoms with van der Waals surface area (Å²) < 4.78 is 42.8. The molecule has 1 spiro atoms. The van der Waals surface area contributed by atoms with Crippen molar-refractivity contribution in [1.82, 2.24) is 9.62 Å². The lowest BCUT2D eigenvalue weighted by atomic mass is 9.77. The number of amides is 2. The smallest absolute Gasteiger partial charge is 0.253 e. The molecule has 10 heteroatoms. The van der Waals surface area contributed by atoms with Crippen LogP contribution in [0.4, 0.5) is 10.1 Å². The Morgan fingerprint density at radius 1 is 1.21 bits per heavy atom. The number of carbonyl (C=O) groups is 2. The zero-order valence-corrected chi connectivity index (χ0v) is 23.6. The molecule has 0 radical (unpaired) electrons. The molecule has 2 heterocycles. The molecule has 4 rings (SSSR count). The minimum Gasteiger partial charge on any atom is -0.326 e. The van der Waals surface area contributed by atoms with Crippen LogP contribution in [0, 0.1) is 12.8 Å². The Hall–Kier alpha value is -2.33. The van der Waals surface area contributed by atoms with Gasteiger partial charge in [0, 0.05) is 31.6 Å². The predicted molar refractivity (Wildman–Crippen MR) is 147 cm³/mol. The summed E-state index contributed by atoms with van der Waals surface area (Å²) in [6, 6.07) is 5.47. The first-order valence-corrected chi connectivity index (χ1v) is 15.5. The zero-order valence-electron chi connectivity index (χ0n) is 22.8. The molecule has 1 aliphatic carbocycles. The van der Waals surface area contributed by atoms with Crippen LogP contribution in [-0.2, 0) is 26.0 Å². The molecule has 1 aromatic rings. The first-order valence-electron chi connectivity index (χ1n) is 13.9. The second-order valence-electron chi connectivity index (χ2n) is 11.3. The minimum absolute atomic E-state index is 0.0217. The summed E-state index contributed by atoms with van der Waals surface area (Å²) in [7, 11) is -3.50. The Bertz CT molecular complexity index is 1180. The number of nitrogens with zero attached hydrogens (tertiary/aromatic N) is 2. The summed E-state index contributed by atoms with van der Waals surface area (Å²) in [5, 5.41) is 5.71. The average Bonchev–Trinajstić information content (AvgIpc) is 3.18. The summed E-state index contributed by atoms with van der Waals surface area (Å²) in [4.78, 5) is 29.1. The highest BCUT2D eigenvalue weighted by Crippen LogP contribution is 2.41. The third-order valence-electron chi connectivity index (χ3n) is 8.48. The average molecular weight is 549 g/mol. The number of piperidine rings is 1. The van der Waals surface area contributed by atoms with Crippen molar-refractivity contribution in [2.75, 3.05) is 24.2 Å².